The third kappa shape index (κ3) is 3.92. The molecule has 3 heterocycles. The van der Waals surface area contributed by atoms with Crippen molar-refractivity contribution < 1.29 is 14.3 Å². The summed E-state index contributed by atoms with van der Waals surface area (Å²) in [4.78, 5) is 29.3. The molecule has 0 radical (unpaired) electrons. The first-order valence-corrected chi connectivity index (χ1v) is 10.1. The van der Waals surface area contributed by atoms with Crippen molar-refractivity contribution in [3.8, 4) is 5.75 Å². The molecule has 0 atom stereocenters. The number of ether oxygens (including phenoxy) is 1. The maximum absolute atomic E-state index is 12.9. The minimum Gasteiger partial charge on any atom is -0.497 e. The van der Waals surface area contributed by atoms with E-state index in [1.165, 1.54) is 0 Å². The van der Waals surface area contributed by atoms with Gasteiger partial charge in [0.15, 0.2) is 5.69 Å². The molecule has 1 saturated heterocycles. The fourth-order valence-corrected chi connectivity index (χ4v) is 4.08. The molecule has 2 aliphatic rings. The molecule has 2 aromatic rings. The van der Waals surface area contributed by atoms with Gasteiger partial charge in [0, 0.05) is 50.9 Å². The van der Waals surface area contributed by atoms with E-state index in [0.717, 1.165) is 48.5 Å². The standard InChI is InChI=1S/C21H27N5O3/c1-24-18-8-11-26(21(28)22-13-15-6-5-7-16(12-15)29-2)14-17(18)19(23-24)20(27)25-9-3-4-10-25/h5-7,12H,3-4,8-11,13-14H2,1-2H3,(H,22,28). The van der Waals surface area contributed by atoms with E-state index in [1.807, 2.05) is 36.2 Å². The molecule has 0 unspecified atom stereocenters. The molecule has 1 aromatic heterocycles. The molecule has 4 rings (SSSR count). The summed E-state index contributed by atoms with van der Waals surface area (Å²) in [5, 5.41) is 7.47. The molecule has 0 bridgehead atoms. The smallest absolute Gasteiger partial charge is 0.317 e. The zero-order valence-electron chi connectivity index (χ0n) is 17.0. The quantitative estimate of drug-likeness (QED) is 0.855. The maximum atomic E-state index is 12.9. The van der Waals surface area contributed by atoms with Gasteiger partial charge in [0.1, 0.15) is 5.75 Å². The monoisotopic (exact) mass is 397 g/mol. The molecule has 8 heteroatoms. The van der Waals surface area contributed by atoms with Crippen molar-refractivity contribution in [2.45, 2.75) is 32.4 Å². The molecule has 0 aliphatic carbocycles. The number of aryl methyl sites for hydroxylation is 1. The Bertz CT molecular complexity index is 917. The number of benzene rings is 1. The van der Waals surface area contributed by atoms with Gasteiger partial charge in [-0.3, -0.25) is 9.48 Å². The predicted octanol–water partition coefficient (Wildman–Crippen LogP) is 1.93. The molecule has 1 fully saturated rings. The Hall–Kier alpha value is -3.03. The summed E-state index contributed by atoms with van der Waals surface area (Å²) < 4.78 is 7.02. The second kappa shape index (κ2) is 8.14. The highest BCUT2D eigenvalue weighted by Crippen LogP contribution is 2.24. The number of nitrogens with zero attached hydrogens (tertiary/aromatic N) is 4. The van der Waals surface area contributed by atoms with Crippen LogP contribution < -0.4 is 10.1 Å². The molecule has 1 aromatic carbocycles. The van der Waals surface area contributed by atoms with E-state index in [4.69, 9.17) is 4.74 Å². The Morgan fingerprint density at radius 1 is 1.17 bits per heavy atom. The number of rotatable bonds is 4. The molecule has 29 heavy (non-hydrogen) atoms. The van der Waals surface area contributed by atoms with Crippen molar-refractivity contribution in [1.82, 2.24) is 24.9 Å². The zero-order valence-corrected chi connectivity index (χ0v) is 17.0. The first-order valence-electron chi connectivity index (χ1n) is 10.1. The molecular weight excluding hydrogens is 370 g/mol. The van der Waals surface area contributed by atoms with Crippen molar-refractivity contribution in [1.29, 1.82) is 0 Å². The summed E-state index contributed by atoms with van der Waals surface area (Å²) >= 11 is 0. The van der Waals surface area contributed by atoms with E-state index in [9.17, 15) is 9.59 Å². The molecule has 3 amide bonds. The van der Waals surface area contributed by atoms with Crippen LogP contribution in [0.15, 0.2) is 24.3 Å². The lowest BCUT2D eigenvalue weighted by atomic mass is 10.0. The summed E-state index contributed by atoms with van der Waals surface area (Å²) in [6.45, 7) is 3.01. The van der Waals surface area contributed by atoms with Gasteiger partial charge in [0.25, 0.3) is 5.91 Å². The Labute approximate surface area is 170 Å². The van der Waals surface area contributed by atoms with Crippen molar-refractivity contribution in [2.24, 2.45) is 7.05 Å². The van der Waals surface area contributed by atoms with Crippen molar-refractivity contribution in [3.05, 3.63) is 46.8 Å². The number of aromatic nitrogens is 2. The van der Waals surface area contributed by atoms with E-state index in [0.29, 0.717) is 31.7 Å². The van der Waals surface area contributed by atoms with Crippen LogP contribution in [0.2, 0.25) is 0 Å². The van der Waals surface area contributed by atoms with E-state index in [-0.39, 0.29) is 11.9 Å². The zero-order chi connectivity index (χ0) is 20.4. The SMILES string of the molecule is COc1cccc(CNC(=O)N2CCc3c(c(C(=O)N4CCCC4)nn3C)C2)c1. The number of amides is 3. The van der Waals surface area contributed by atoms with Crippen LogP contribution in [0.25, 0.3) is 0 Å². The Morgan fingerprint density at radius 3 is 2.72 bits per heavy atom. The summed E-state index contributed by atoms with van der Waals surface area (Å²) in [5.74, 6) is 0.748. The highest BCUT2D eigenvalue weighted by molar-refractivity contribution is 5.94. The third-order valence-electron chi connectivity index (χ3n) is 5.70. The summed E-state index contributed by atoms with van der Waals surface area (Å²) in [7, 11) is 3.50. The van der Waals surface area contributed by atoms with Gasteiger partial charge in [-0.05, 0) is 30.5 Å². The number of likely N-dealkylation sites (tertiary alicyclic amines) is 1. The first kappa shape index (κ1) is 19.3. The van der Waals surface area contributed by atoms with Crippen LogP contribution in [-0.2, 0) is 26.6 Å². The second-order valence-electron chi connectivity index (χ2n) is 7.58. The maximum Gasteiger partial charge on any atom is 0.317 e. The van der Waals surface area contributed by atoms with Crippen molar-refractivity contribution >= 4 is 11.9 Å². The molecular formula is C21H27N5O3. The molecule has 154 valence electrons. The van der Waals surface area contributed by atoms with E-state index < -0.39 is 0 Å². The predicted molar refractivity (Wildman–Crippen MR) is 108 cm³/mol. The Morgan fingerprint density at radius 2 is 1.97 bits per heavy atom. The summed E-state index contributed by atoms with van der Waals surface area (Å²) in [6, 6.07) is 7.49. The number of carbonyl (C=O) groups excluding carboxylic acids is 2. The number of methoxy groups -OCH3 is 1. The lowest BCUT2D eigenvalue weighted by Crippen LogP contribution is -2.43. The average molecular weight is 397 g/mol. The third-order valence-corrected chi connectivity index (χ3v) is 5.70. The Kier molecular flexibility index (Phi) is 5.42. The van der Waals surface area contributed by atoms with Gasteiger partial charge >= 0.3 is 6.03 Å². The van der Waals surface area contributed by atoms with Gasteiger partial charge in [-0.1, -0.05) is 12.1 Å². The second-order valence-corrected chi connectivity index (χ2v) is 7.58. The summed E-state index contributed by atoms with van der Waals surface area (Å²) in [5.41, 5.74) is 3.40. The number of hydrogen-bond donors (Lipinski definition) is 1. The minimum absolute atomic E-state index is 0.0158. The number of nitrogens with one attached hydrogen (secondary N) is 1. The van der Waals surface area contributed by atoms with Gasteiger partial charge < -0.3 is 19.9 Å². The van der Waals surface area contributed by atoms with Crippen LogP contribution in [0, 0.1) is 0 Å². The van der Waals surface area contributed by atoms with Crippen LogP contribution in [0.5, 0.6) is 5.75 Å². The van der Waals surface area contributed by atoms with Crippen LogP contribution >= 0.6 is 0 Å². The van der Waals surface area contributed by atoms with Crippen LogP contribution in [0.1, 0.15) is 40.2 Å². The van der Waals surface area contributed by atoms with Gasteiger partial charge in [0.2, 0.25) is 0 Å². The summed E-state index contributed by atoms with van der Waals surface area (Å²) in [6.07, 6.45) is 2.78. The number of urea groups is 1. The molecule has 2 aliphatic heterocycles. The Balaban J connectivity index is 1.44. The van der Waals surface area contributed by atoms with E-state index >= 15 is 0 Å². The van der Waals surface area contributed by atoms with Crippen LogP contribution in [-0.4, -0.2) is 58.3 Å². The number of hydrogen-bond acceptors (Lipinski definition) is 4. The number of carbonyl (C=O) groups is 2. The highest BCUT2D eigenvalue weighted by atomic mass is 16.5. The van der Waals surface area contributed by atoms with Gasteiger partial charge in [-0.15, -0.1) is 0 Å². The van der Waals surface area contributed by atoms with Gasteiger partial charge in [-0.2, -0.15) is 5.10 Å². The number of fused-ring (bicyclic) bond motifs is 1. The minimum atomic E-state index is -0.137. The highest BCUT2D eigenvalue weighted by Gasteiger charge is 2.31. The normalized spacial score (nSPS) is 15.9. The van der Waals surface area contributed by atoms with Crippen molar-refractivity contribution in [3.63, 3.8) is 0 Å². The van der Waals surface area contributed by atoms with Crippen LogP contribution in [0.3, 0.4) is 0 Å². The van der Waals surface area contributed by atoms with Gasteiger partial charge in [0.05, 0.1) is 13.7 Å². The van der Waals surface area contributed by atoms with Crippen LogP contribution in [0.4, 0.5) is 4.79 Å². The van der Waals surface area contributed by atoms with Crippen molar-refractivity contribution in [2.75, 3.05) is 26.7 Å². The lowest BCUT2D eigenvalue weighted by Gasteiger charge is -2.28. The molecule has 1 N–H and O–H groups in total. The molecule has 0 saturated carbocycles. The fourth-order valence-electron chi connectivity index (χ4n) is 4.08. The topological polar surface area (TPSA) is 79.7 Å². The lowest BCUT2D eigenvalue weighted by molar-refractivity contribution is 0.0783. The van der Waals surface area contributed by atoms with Gasteiger partial charge in [-0.25, -0.2) is 4.79 Å². The molecule has 0 spiro atoms. The van der Waals surface area contributed by atoms with E-state index in [2.05, 4.69) is 10.4 Å². The average Bonchev–Trinajstić information content (AvgIpc) is 3.40. The van der Waals surface area contributed by atoms with E-state index in [1.54, 1.807) is 16.7 Å². The molecule has 8 nitrogen and oxygen atoms in total. The first-order chi connectivity index (χ1) is 14.1. The fraction of sp³-hybridized carbons (Fsp3) is 0.476. The largest absolute Gasteiger partial charge is 0.497 e.